The monoisotopic (exact) mass is 265 g/mol. The number of carbonyl (C=O) groups is 2. The van der Waals surface area contributed by atoms with Gasteiger partial charge in [-0.15, -0.1) is 0 Å². The Morgan fingerprint density at radius 1 is 1.26 bits per heavy atom. The minimum atomic E-state index is -0.519. The molecule has 1 saturated heterocycles. The molecule has 1 atom stereocenters. The topological polar surface area (TPSA) is 46.6 Å². The number of amides is 1. The first kappa shape index (κ1) is 15.5. The van der Waals surface area contributed by atoms with Gasteiger partial charge in [-0.1, -0.05) is 18.2 Å². The second-order valence-electron chi connectivity index (χ2n) is 5.61. The molecule has 0 unspecified atom stereocenters. The molecule has 0 radical (unpaired) electrons. The average molecular weight is 265 g/mol. The van der Waals surface area contributed by atoms with E-state index in [1.54, 1.807) is 17.1 Å². The first-order valence-electron chi connectivity index (χ1n) is 6.68. The molecule has 1 amide bonds. The molecule has 0 aromatic rings. The van der Waals surface area contributed by atoms with Crippen LogP contribution in [0.4, 0.5) is 0 Å². The molecule has 0 aliphatic carbocycles. The Labute approximate surface area is 115 Å². The predicted molar refractivity (Wildman–Crippen MR) is 74.5 cm³/mol. The third-order valence-corrected chi connectivity index (χ3v) is 2.76. The van der Waals surface area contributed by atoms with Gasteiger partial charge in [0.1, 0.15) is 11.6 Å². The highest BCUT2D eigenvalue weighted by Gasteiger charge is 2.35. The van der Waals surface area contributed by atoms with E-state index in [0.717, 1.165) is 6.42 Å². The van der Waals surface area contributed by atoms with Gasteiger partial charge in [0.2, 0.25) is 5.91 Å². The first-order chi connectivity index (χ1) is 8.85. The Balaban J connectivity index is 2.68. The maximum absolute atomic E-state index is 12.1. The van der Waals surface area contributed by atoms with Gasteiger partial charge < -0.3 is 9.64 Å². The van der Waals surface area contributed by atoms with Gasteiger partial charge in [-0.2, -0.15) is 0 Å². The molecule has 0 saturated carbocycles. The van der Waals surface area contributed by atoms with Crippen LogP contribution in [0.5, 0.6) is 0 Å². The summed E-state index contributed by atoms with van der Waals surface area (Å²) in [6.45, 7) is 7.99. The van der Waals surface area contributed by atoms with Crippen molar-refractivity contribution in [3.8, 4) is 0 Å². The van der Waals surface area contributed by atoms with Crippen molar-refractivity contribution in [2.45, 2.75) is 52.2 Å². The molecule has 1 rings (SSSR count). The minimum absolute atomic E-state index is 0.133. The smallest absolute Gasteiger partial charge is 0.329 e. The molecule has 106 valence electrons. The predicted octanol–water partition coefficient (Wildman–Crippen LogP) is 2.45. The molecule has 1 heterocycles. The van der Waals surface area contributed by atoms with Crippen molar-refractivity contribution in [1.29, 1.82) is 0 Å². The standard InChI is InChI=1S/C15H23NO3/c1-5-6-7-10-13(17)16-11-8-9-12(16)14(18)19-15(2,3)4/h5-7,10,12H,8-9,11H2,1-4H3/b6-5+,10-7?/t12-/m1/s1. The molecule has 0 N–H and O–H groups in total. The van der Waals surface area contributed by atoms with Crippen LogP contribution in [0.3, 0.4) is 0 Å². The van der Waals surface area contributed by atoms with Crippen LogP contribution in [0, 0.1) is 0 Å². The van der Waals surface area contributed by atoms with Crippen LogP contribution in [0.1, 0.15) is 40.5 Å². The maximum atomic E-state index is 12.1. The normalized spacial score (nSPS) is 20.4. The van der Waals surface area contributed by atoms with Crippen LogP contribution >= 0.6 is 0 Å². The van der Waals surface area contributed by atoms with Gasteiger partial charge in [0.25, 0.3) is 0 Å². The highest BCUT2D eigenvalue weighted by atomic mass is 16.6. The SMILES string of the molecule is C/C=C/C=CC(=O)N1CCC[C@@H]1C(=O)OC(C)(C)C. The third kappa shape index (κ3) is 4.89. The van der Waals surface area contributed by atoms with Crippen LogP contribution in [0.25, 0.3) is 0 Å². The van der Waals surface area contributed by atoms with Crippen molar-refractivity contribution in [2.75, 3.05) is 6.54 Å². The molecule has 1 aliphatic heterocycles. The van der Waals surface area contributed by atoms with Gasteiger partial charge in [-0.25, -0.2) is 4.79 Å². The number of likely N-dealkylation sites (tertiary alicyclic amines) is 1. The van der Waals surface area contributed by atoms with Gasteiger partial charge in [0.05, 0.1) is 0 Å². The van der Waals surface area contributed by atoms with Crippen LogP contribution < -0.4 is 0 Å². The van der Waals surface area contributed by atoms with E-state index >= 15 is 0 Å². The Morgan fingerprint density at radius 2 is 1.95 bits per heavy atom. The zero-order valence-electron chi connectivity index (χ0n) is 12.2. The maximum Gasteiger partial charge on any atom is 0.329 e. The summed E-state index contributed by atoms with van der Waals surface area (Å²) in [5, 5.41) is 0. The van der Waals surface area contributed by atoms with Crippen LogP contribution in [-0.2, 0) is 14.3 Å². The van der Waals surface area contributed by atoms with Crippen molar-refractivity contribution < 1.29 is 14.3 Å². The number of hydrogen-bond acceptors (Lipinski definition) is 3. The molecule has 1 fully saturated rings. The molecule has 1 aliphatic rings. The highest BCUT2D eigenvalue weighted by molar-refractivity contribution is 5.92. The van der Waals surface area contributed by atoms with Crippen molar-refractivity contribution in [3.63, 3.8) is 0 Å². The molecule has 0 spiro atoms. The molecular weight excluding hydrogens is 242 g/mol. The Kier molecular flexibility index (Phi) is 5.33. The van der Waals surface area contributed by atoms with Crippen molar-refractivity contribution in [1.82, 2.24) is 4.90 Å². The zero-order valence-corrected chi connectivity index (χ0v) is 12.2. The number of allylic oxidation sites excluding steroid dienone is 3. The van der Waals surface area contributed by atoms with Gasteiger partial charge in [-0.05, 0) is 40.5 Å². The van der Waals surface area contributed by atoms with Crippen LogP contribution in [-0.4, -0.2) is 35.0 Å². The largest absolute Gasteiger partial charge is 0.458 e. The summed E-state index contributed by atoms with van der Waals surface area (Å²) < 4.78 is 5.36. The molecule has 19 heavy (non-hydrogen) atoms. The summed E-state index contributed by atoms with van der Waals surface area (Å²) in [6.07, 6.45) is 8.33. The van der Waals surface area contributed by atoms with Gasteiger partial charge in [0, 0.05) is 12.6 Å². The summed E-state index contributed by atoms with van der Waals surface area (Å²) >= 11 is 0. The number of rotatable bonds is 3. The number of esters is 1. The summed E-state index contributed by atoms with van der Waals surface area (Å²) in [5.41, 5.74) is -0.519. The van der Waals surface area contributed by atoms with Crippen molar-refractivity contribution in [3.05, 3.63) is 24.3 Å². The lowest BCUT2D eigenvalue weighted by molar-refractivity contribution is -0.162. The van der Waals surface area contributed by atoms with Crippen LogP contribution in [0.2, 0.25) is 0 Å². The molecule has 0 aromatic heterocycles. The van der Waals surface area contributed by atoms with E-state index in [2.05, 4.69) is 0 Å². The van der Waals surface area contributed by atoms with E-state index in [0.29, 0.717) is 13.0 Å². The lowest BCUT2D eigenvalue weighted by atomic mass is 10.1. The zero-order chi connectivity index (χ0) is 14.5. The van der Waals surface area contributed by atoms with Gasteiger partial charge in [-0.3, -0.25) is 4.79 Å². The molecular formula is C15H23NO3. The second kappa shape index (κ2) is 6.55. The highest BCUT2D eigenvalue weighted by Crippen LogP contribution is 2.21. The molecule has 4 nitrogen and oxygen atoms in total. The fourth-order valence-corrected chi connectivity index (χ4v) is 1.99. The lowest BCUT2D eigenvalue weighted by Gasteiger charge is -2.26. The lowest BCUT2D eigenvalue weighted by Crippen LogP contribution is -2.42. The molecule has 4 heteroatoms. The fourth-order valence-electron chi connectivity index (χ4n) is 1.99. The Morgan fingerprint density at radius 3 is 2.53 bits per heavy atom. The molecule has 0 bridgehead atoms. The van der Waals surface area contributed by atoms with Gasteiger partial charge >= 0.3 is 5.97 Å². The Bertz CT molecular complexity index is 391. The van der Waals surface area contributed by atoms with E-state index in [1.807, 2.05) is 33.8 Å². The van der Waals surface area contributed by atoms with E-state index in [9.17, 15) is 9.59 Å². The fraction of sp³-hybridized carbons (Fsp3) is 0.600. The summed E-state index contributed by atoms with van der Waals surface area (Å²) in [5.74, 6) is -0.441. The molecule has 0 aromatic carbocycles. The van der Waals surface area contributed by atoms with Gasteiger partial charge in [0.15, 0.2) is 0 Å². The Hall–Kier alpha value is -1.58. The summed E-state index contributed by atoms with van der Waals surface area (Å²) in [7, 11) is 0. The van der Waals surface area contributed by atoms with Crippen molar-refractivity contribution in [2.24, 2.45) is 0 Å². The van der Waals surface area contributed by atoms with Crippen molar-refractivity contribution >= 4 is 11.9 Å². The van der Waals surface area contributed by atoms with E-state index in [1.165, 1.54) is 6.08 Å². The second-order valence-corrected chi connectivity index (χ2v) is 5.61. The first-order valence-corrected chi connectivity index (χ1v) is 6.68. The quantitative estimate of drug-likeness (QED) is 0.447. The van der Waals surface area contributed by atoms with E-state index < -0.39 is 11.6 Å². The minimum Gasteiger partial charge on any atom is -0.458 e. The summed E-state index contributed by atoms with van der Waals surface area (Å²) in [4.78, 5) is 25.6. The number of nitrogens with zero attached hydrogens (tertiary/aromatic N) is 1. The number of carbonyl (C=O) groups excluding carboxylic acids is 2. The number of hydrogen-bond donors (Lipinski definition) is 0. The van der Waals surface area contributed by atoms with E-state index in [-0.39, 0.29) is 11.9 Å². The average Bonchev–Trinajstić information content (AvgIpc) is 2.75. The summed E-state index contributed by atoms with van der Waals surface area (Å²) in [6, 6.07) is -0.443. The van der Waals surface area contributed by atoms with E-state index in [4.69, 9.17) is 4.74 Å². The third-order valence-electron chi connectivity index (χ3n) is 2.76. The number of ether oxygens (including phenoxy) is 1. The van der Waals surface area contributed by atoms with Crippen LogP contribution in [0.15, 0.2) is 24.3 Å².